The topological polar surface area (TPSA) is 54.1 Å². The van der Waals surface area contributed by atoms with Crippen molar-refractivity contribution in [1.82, 2.24) is 9.80 Å². The Morgan fingerprint density at radius 3 is 1.60 bits per heavy atom. The van der Waals surface area contributed by atoms with E-state index >= 15 is 0 Å². The first kappa shape index (κ1) is 6.44. The van der Waals surface area contributed by atoms with Gasteiger partial charge in [0, 0.05) is 12.4 Å². The first-order valence-corrected chi connectivity index (χ1v) is 2.88. The molecule has 0 spiro atoms. The summed E-state index contributed by atoms with van der Waals surface area (Å²) >= 11 is 0. The number of rotatable bonds is 0. The molecule has 0 aromatic carbocycles. The Labute approximate surface area is 59.2 Å². The van der Waals surface area contributed by atoms with E-state index in [9.17, 15) is 0 Å². The molecule has 50 valence electrons. The first-order chi connectivity index (χ1) is 4.86. The second-order valence-electron chi connectivity index (χ2n) is 1.88. The fourth-order valence-corrected chi connectivity index (χ4v) is 0.692. The summed E-state index contributed by atoms with van der Waals surface area (Å²) in [5.74, 6) is 0. The lowest BCUT2D eigenvalue weighted by molar-refractivity contribution is 0.387. The van der Waals surface area contributed by atoms with Crippen molar-refractivity contribution < 1.29 is 0 Å². The van der Waals surface area contributed by atoms with E-state index in [4.69, 9.17) is 10.5 Å². The van der Waals surface area contributed by atoms with Gasteiger partial charge in [-0.2, -0.15) is 10.5 Å². The van der Waals surface area contributed by atoms with Crippen LogP contribution in [0.25, 0.3) is 0 Å². The van der Waals surface area contributed by atoms with Gasteiger partial charge in [0.05, 0.1) is 13.1 Å². The minimum absolute atomic E-state index is 0.598. The minimum atomic E-state index is 0.598. The molecule has 1 aliphatic heterocycles. The molecular weight excluding hydrogens is 128 g/mol. The average molecular weight is 134 g/mol. The fourth-order valence-electron chi connectivity index (χ4n) is 0.692. The van der Waals surface area contributed by atoms with E-state index < -0.39 is 0 Å². The molecule has 1 heterocycles. The lowest BCUT2D eigenvalue weighted by Gasteiger charge is -2.19. The molecule has 0 unspecified atom stereocenters. The predicted molar refractivity (Wildman–Crippen MR) is 33.8 cm³/mol. The van der Waals surface area contributed by atoms with Gasteiger partial charge in [-0.05, 0) is 0 Å². The second kappa shape index (κ2) is 2.75. The summed E-state index contributed by atoms with van der Waals surface area (Å²) in [6.07, 6.45) is 7.10. The molecule has 0 fully saturated rings. The normalized spacial score (nSPS) is 16.2. The maximum absolute atomic E-state index is 8.37. The maximum Gasteiger partial charge on any atom is 0.183 e. The van der Waals surface area contributed by atoms with E-state index in [2.05, 4.69) is 0 Å². The lowest BCUT2D eigenvalue weighted by Crippen LogP contribution is -2.28. The van der Waals surface area contributed by atoms with Gasteiger partial charge < -0.3 is 0 Å². The van der Waals surface area contributed by atoms with Crippen LogP contribution in [0.15, 0.2) is 12.4 Å². The highest BCUT2D eigenvalue weighted by molar-refractivity contribution is 4.99. The van der Waals surface area contributed by atoms with Crippen LogP contribution in [0.5, 0.6) is 0 Å². The molecule has 0 atom stereocenters. The fraction of sp³-hybridized carbons (Fsp3) is 0.333. The summed E-state index contributed by atoms with van der Waals surface area (Å²) in [5, 5.41) is 16.7. The molecular formula is C6H6N4. The molecule has 0 saturated carbocycles. The molecule has 0 saturated heterocycles. The number of nitriles is 2. The van der Waals surface area contributed by atoms with Gasteiger partial charge in [-0.3, -0.25) is 9.80 Å². The van der Waals surface area contributed by atoms with E-state index in [0.717, 1.165) is 0 Å². The average Bonchev–Trinajstić information content (AvgIpc) is 2.05. The van der Waals surface area contributed by atoms with E-state index in [0.29, 0.717) is 13.1 Å². The van der Waals surface area contributed by atoms with Gasteiger partial charge in [0.15, 0.2) is 12.4 Å². The quantitative estimate of drug-likeness (QED) is 0.439. The van der Waals surface area contributed by atoms with Gasteiger partial charge in [-0.15, -0.1) is 0 Å². The zero-order chi connectivity index (χ0) is 7.40. The minimum Gasteiger partial charge on any atom is -0.283 e. The molecule has 4 nitrogen and oxygen atoms in total. The highest BCUT2D eigenvalue weighted by Crippen LogP contribution is 1.98. The van der Waals surface area contributed by atoms with Gasteiger partial charge in [0.25, 0.3) is 0 Å². The van der Waals surface area contributed by atoms with Crippen molar-refractivity contribution in [1.29, 1.82) is 10.5 Å². The summed E-state index contributed by atoms with van der Waals surface area (Å²) in [6.45, 7) is 1.20. The highest BCUT2D eigenvalue weighted by atomic mass is 15.2. The Hall–Kier alpha value is -1.68. The molecule has 0 radical (unpaired) electrons. The van der Waals surface area contributed by atoms with Crippen LogP contribution in [-0.2, 0) is 0 Å². The van der Waals surface area contributed by atoms with E-state index in [-0.39, 0.29) is 0 Å². The third kappa shape index (κ3) is 1.18. The maximum atomic E-state index is 8.37. The molecule has 4 heteroatoms. The summed E-state index contributed by atoms with van der Waals surface area (Å²) < 4.78 is 0. The van der Waals surface area contributed by atoms with Gasteiger partial charge >= 0.3 is 0 Å². The predicted octanol–water partition coefficient (Wildman–Crippen LogP) is 0.0374. The third-order valence-corrected chi connectivity index (χ3v) is 1.27. The first-order valence-electron chi connectivity index (χ1n) is 2.88. The molecule has 0 aliphatic carbocycles. The summed E-state index contributed by atoms with van der Waals surface area (Å²) in [4.78, 5) is 2.96. The second-order valence-corrected chi connectivity index (χ2v) is 1.88. The summed E-state index contributed by atoms with van der Waals surface area (Å²) in [6, 6.07) is 0. The van der Waals surface area contributed by atoms with Crippen molar-refractivity contribution in [3.05, 3.63) is 12.4 Å². The van der Waals surface area contributed by atoms with Crippen molar-refractivity contribution in [2.75, 3.05) is 13.1 Å². The molecule has 0 N–H and O–H groups in total. The summed E-state index contributed by atoms with van der Waals surface area (Å²) in [7, 11) is 0. The van der Waals surface area contributed by atoms with Gasteiger partial charge in [-0.1, -0.05) is 0 Å². The van der Waals surface area contributed by atoms with Crippen molar-refractivity contribution in [2.45, 2.75) is 0 Å². The molecule has 1 aliphatic rings. The van der Waals surface area contributed by atoms with Crippen molar-refractivity contribution in [3.8, 4) is 12.4 Å². The molecule has 0 aromatic heterocycles. The third-order valence-electron chi connectivity index (χ3n) is 1.27. The number of hydrogen-bond acceptors (Lipinski definition) is 4. The SMILES string of the molecule is N#CN1C=CN(C#N)CC1. The van der Waals surface area contributed by atoms with E-state index in [1.165, 1.54) is 9.80 Å². The van der Waals surface area contributed by atoms with Crippen LogP contribution < -0.4 is 0 Å². The standard InChI is InChI=1S/C6H6N4/c7-5-9-1-2-10(6-8)4-3-9/h1-2H,3-4H2. The van der Waals surface area contributed by atoms with Crippen LogP contribution in [0, 0.1) is 22.9 Å². The van der Waals surface area contributed by atoms with Crippen LogP contribution in [0.3, 0.4) is 0 Å². The van der Waals surface area contributed by atoms with Crippen LogP contribution in [-0.4, -0.2) is 22.9 Å². The number of hydrogen-bond donors (Lipinski definition) is 0. The van der Waals surface area contributed by atoms with Crippen LogP contribution in [0.1, 0.15) is 0 Å². The molecule has 0 aromatic rings. The van der Waals surface area contributed by atoms with Gasteiger partial charge in [0.2, 0.25) is 0 Å². The molecule has 1 rings (SSSR count). The van der Waals surface area contributed by atoms with Gasteiger partial charge in [0.1, 0.15) is 0 Å². The molecule has 10 heavy (non-hydrogen) atoms. The van der Waals surface area contributed by atoms with Crippen LogP contribution in [0.2, 0.25) is 0 Å². The Bertz CT molecular complexity index is 195. The van der Waals surface area contributed by atoms with Crippen molar-refractivity contribution >= 4 is 0 Å². The van der Waals surface area contributed by atoms with E-state index in [1.807, 2.05) is 12.4 Å². The van der Waals surface area contributed by atoms with Crippen molar-refractivity contribution in [3.63, 3.8) is 0 Å². The smallest absolute Gasteiger partial charge is 0.183 e. The van der Waals surface area contributed by atoms with Gasteiger partial charge in [-0.25, -0.2) is 0 Å². The van der Waals surface area contributed by atoms with Crippen molar-refractivity contribution in [2.24, 2.45) is 0 Å². The van der Waals surface area contributed by atoms with E-state index in [1.54, 1.807) is 12.4 Å². The highest BCUT2D eigenvalue weighted by Gasteiger charge is 2.06. The number of nitrogens with zero attached hydrogens (tertiary/aromatic N) is 4. The largest absolute Gasteiger partial charge is 0.283 e. The Morgan fingerprint density at radius 1 is 1.00 bits per heavy atom. The Kier molecular flexibility index (Phi) is 1.77. The van der Waals surface area contributed by atoms with Crippen LogP contribution in [0.4, 0.5) is 0 Å². The molecule has 0 bridgehead atoms. The Morgan fingerprint density at radius 2 is 1.40 bits per heavy atom. The summed E-state index contributed by atoms with van der Waals surface area (Å²) in [5.41, 5.74) is 0. The Balaban J connectivity index is 2.56. The van der Waals surface area contributed by atoms with Crippen LogP contribution >= 0.6 is 0 Å². The zero-order valence-electron chi connectivity index (χ0n) is 5.36. The lowest BCUT2D eigenvalue weighted by atomic mass is 10.4. The molecule has 0 amide bonds. The zero-order valence-corrected chi connectivity index (χ0v) is 5.36. The monoisotopic (exact) mass is 134 g/mol.